The second-order valence-electron chi connectivity index (χ2n) is 4.95. The molecule has 4 heteroatoms. The van der Waals surface area contributed by atoms with Crippen molar-refractivity contribution < 1.29 is 4.79 Å². The van der Waals surface area contributed by atoms with E-state index in [1.54, 1.807) is 0 Å². The molecule has 2 heterocycles. The van der Waals surface area contributed by atoms with Crippen molar-refractivity contribution in [3.05, 3.63) is 0 Å². The van der Waals surface area contributed by atoms with Gasteiger partial charge in [-0.1, -0.05) is 0 Å². The molecule has 0 aromatic carbocycles. The lowest BCUT2D eigenvalue weighted by Gasteiger charge is -2.35. The van der Waals surface area contributed by atoms with Gasteiger partial charge in [-0.05, 0) is 39.2 Å². The summed E-state index contributed by atoms with van der Waals surface area (Å²) in [6.45, 7) is 6.91. The average Bonchev–Trinajstić information content (AvgIpc) is 2.62. The zero-order valence-corrected chi connectivity index (χ0v) is 9.62. The molecule has 2 saturated heterocycles. The van der Waals surface area contributed by atoms with Crippen LogP contribution in [0.25, 0.3) is 0 Å². The zero-order chi connectivity index (χ0) is 10.8. The van der Waals surface area contributed by atoms with E-state index in [2.05, 4.69) is 10.6 Å². The zero-order valence-electron chi connectivity index (χ0n) is 9.62. The van der Waals surface area contributed by atoms with Crippen molar-refractivity contribution in [2.45, 2.75) is 38.8 Å². The molecule has 2 aliphatic rings. The first-order valence-corrected chi connectivity index (χ1v) is 5.95. The van der Waals surface area contributed by atoms with E-state index in [0.717, 1.165) is 32.0 Å². The van der Waals surface area contributed by atoms with Gasteiger partial charge < -0.3 is 15.5 Å². The smallest absolute Gasteiger partial charge is 0.317 e. The Bertz CT molecular complexity index is 242. The van der Waals surface area contributed by atoms with Crippen LogP contribution < -0.4 is 10.6 Å². The van der Waals surface area contributed by atoms with Gasteiger partial charge in [-0.3, -0.25) is 0 Å². The predicted octanol–water partition coefficient (Wildman–Crippen LogP) is 0.788. The predicted molar refractivity (Wildman–Crippen MR) is 59.8 cm³/mol. The molecule has 0 spiro atoms. The van der Waals surface area contributed by atoms with Crippen LogP contribution in [0.4, 0.5) is 4.79 Å². The molecule has 0 aromatic heterocycles. The highest BCUT2D eigenvalue weighted by Gasteiger charge is 2.34. The lowest BCUT2D eigenvalue weighted by Crippen LogP contribution is -2.52. The quantitative estimate of drug-likeness (QED) is 0.673. The Kier molecular flexibility index (Phi) is 3.14. The molecule has 2 aliphatic heterocycles. The maximum absolute atomic E-state index is 11.8. The molecule has 2 rings (SSSR count). The summed E-state index contributed by atoms with van der Waals surface area (Å²) in [5.41, 5.74) is 0. The summed E-state index contributed by atoms with van der Waals surface area (Å²) in [5, 5.41) is 6.43. The molecule has 0 saturated carbocycles. The minimum Gasteiger partial charge on any atom is -0.336 e. The molecular formula is C11H21N3O. The number of carbonyl (C=O) groups excluding carboxylic acids is 1. The maximum atomic E-state index is 11.8. The Morgan fingerprint density at radius 3 is 3.00 bits per heavy atom. The lowest BCUT2D eigenvalue weighted by atomic mass is 9.93. The number of hydrogen-bond donors (Lipinski definition) is 2. The molecule has 2 atom stereocenters. The summed E-state index contributed by atoms with van der Waals surface area (Å²) in [6, 6.07) is 0.862. The number of nitrogens with one attached hydrogen (secondary N) is 2. The molecule has 15 heavy (non-hydrogen) atoms. The van der Waals surface area contributed by atoms with Crippen LogP contribution in [-0.4, -0.2) is 42.6 Å². The van der Waals surface area contributed by atoms with Crippen LogP contribution in [0.3, 0.4) is 0 Å². The third kappa shape index (κ3) is 2.43. The van der Waals surface area contributed by atoms with Gasteiger partial charge in [-0.2, -0.15) is 0 Å². The molecule has 0 aromatic rings. The molecule has 0 aliphatic carbocycles. The molecule has 2 N–H and O–H groups in total. The minimum absolute atomic E-state index is 0.0946. The Morgan fingerprint density at radius 2 is 2.27 bits per heavy atom. The van der Waals surface area contributed by atoms with Crippen LogP contribution in [0.2, 0.25) is 0 Å². The molecule has 0 radical (unpaired) electrons. The highest BCUT2D eigenvalue weighted by molar-refractivity contribution is 5.74. The van der Waals surface area contributed by atoms with Crippen molar-refractivity contribution >= 4 is 6.03 Å². The van der Waals surface area contributed by atoms with E-state index in [-0.39, 0.29) is 12.1 Å². The van der Waals surface area contributed by atoms with Gasteiger partial charge in [0, 0.05) is 25.2 Å². The number of fused-ring (bicyclic) bond motifs is 1. The minimum atomic E-state index is 0.0946. The van der Waals surface area contributed by atoms with Crippen LogP contribution in [0.5, 0.6) is 0 Å². The standard InChI is InChI=1S/C11H21N3O/c1-8(2)13-11(15)14-6-4-9-3-5-12-10(9)7-14/h8-10,12H,3-7H2,1-2H3,(H,13,15)/t9-,10+/m1/s1. The van der Waals surface area contributed by atoms with E-state index in [9.17, 15) is 4.79 Å². The number of rotatable bonds is 1. The number of amides is 2. The van der Waals surface area contributed by atoms with E-state index in [0.29, 0.717) is 6.04 Å². The van der Waals surface area contributed by atoms with E-state index in [1.807, 2.05) is 18.7 Å². The SMILES string of the molecule is CC(C)NC(=O)N1CC[C@H]2CCN[C@H]2C1. The second kappa shape index (κ2) is 4.39. The second-order valence-corrected chi connectivity index (χ2v) is 4.95. The lowest BCUT2D eigenvalue weighted by molar-refractivity contribution is 0.159. The molecule has 4 nitrogen and oxygen atoms in total. The molecule has 0 bridgehead atoms. The largest absolute Gasteiger partial charge is 0.336 e. The molecule has 2 amide bonds. The van der Waals surface area contributed by atoms with Gasteiger partial charge in [0.1, 0.15) is 0 Å². The molecule has 86 valence electrons. The number of likely N-dealkylation sites (tertiary alicyclic amines) is 1. The monoisotopic (exact) mass is 211 g/mol. The number of carbonyl (C=O) groups is 1. The van der Waals surface area contributed by atoms with Crippen LogP contribution in [0.1, 0.15) is 26.7 Å². The van der Waals surface area contributed by atoms with E-state index < -0.39 is 0 Å². The first-order valence-electron chi connectivity index (χ1n) is 5.95. The summed E-state index contributed by atoms with van der Waals surface area (Å²) >= 11 is 0. The van der Waals surface area contributed by atoms with Gasteiger partial charge >= 0.3 is 6.03 Å². The van der Waals surface area contributed by atoms with Gasteiger partial charge in [-0.25, -0.2) is 4.79 Å². The summed E-state index contributed by atoms with van der Waals surface area (Å²) in [7, 11) is 0. The number of piperidine rings is 1. The van der Waals surface area contributed by atoms with Crippen molar-refractivity contribution in [2.75, 3.05) is 19.6 Å². The highest BCUT2D eigenvalue weighted by Crippen LogP contribution is 2.24. The highest BCUT2D eigenvalue weighted by atomic mass is 16.2. The van der Waals surface area contributed by atoms with Crippen LogP contribution >= 0.6 is 0 Å². The van der Waals surface area contributed by atoms with Crippen molar-refractivity contribution in [3.8, 4) is 0 Å². The number of nitrogens with zero attached hydrogens (tertiary/aromatic N) is 1. The van der Waals surface area contributed by atoms with Crippen molar-refractivity contribution in [1.29, 1.82) is 0 Å². The molecule has 2 fully saturated rings. The van der Waals surface area contributed by atoms with Crippen LogP contribution in [0.15, 0.2) is 0 Å². The first kappa shape index (κ1) is 10.7. The normalized spacial score (nSPS) is 30.5. The third-order valence-electron chi connectivity index (χ3n) is 3.38. The fourth-order valence-electron chi connectivity index (χ4n) is 2.55. The maximum Gasteiger partial charge on any atom is 0.317 e. The fourth-order valence-corrected chi connectivity index (χ4v) is 2.55. The Balaban J connectivity index is 1.86. The van der Waals surface area contributed by atoms with Crippen LogP contribution in [-0.2, 0) is 0 Å². The fraction of sp³-hybridized carbons (Fsp3) is 0.909. The Labute approximate surface area is 91.4 Å². The summed E-state index contributed by atoms with van der Waals surface area (Å²) < 4.78 is 0. The topological polar surface area (TPSA) is 44.4 Å². The number of urea groups is 1. The van der Waals surface area contributed by atoms with E-state index >= 15 is 0 Å². The van der Waals surface area contributed by atoms with Gasteiger partial charge in [0.05, 0.1) is 0 Å². The molecular weight excluding hydrogens is 190 g/mol. The van der Waals surface area contributed by atoms with E-state index in [1.165, 1.54) is 6.42 Å². The van der Waals surface area contributed by atoms with Gasteiger partial charge in [0.25, 0.3) is 0 Å². The Hall–Kier alpha value is -0.770. The van der Waals surface area contributed by atoms with E-state index in [4.69, 9.17) is 0 Å². The van der Waals surface area contributed by atoms with Gasteiger partial charge in [-0.15, -0.1) is 0 Å². The summed E-state index contributed by atoms with van der Waals surface area (Å²) in [6.07, 6.45) is 2.44. The molecule has 0 unspecified atom stereocenters. The summed E-state index contributed by atoms with van der Waals surface area (Å²) in [5.74, 6) is 0.799. The van der Waals surface area contributed by atoms with Gasteiger partial charge in [0.2, 0.25) is 0 Å². The van der Waals surface area contributed by atoms with Crippen molar-refractivity contribution in [3.63, 3.8) is 0 Å². The van der Waals surface area contributed by atoms with Crippen molar-refractivity contribution in [1.82, 2.24) is 15.5 Å². The third-order valence-corrected chi connectivity index (χ3v) is 3.38. The van der Waals surface area contributed by atoms with Crippen LogP contribution in [0, 0.1) is 5.92 Å². The average molecular weight is 211 g/mol. The first-order chi connectivity index (χ1) is 7.16. The number of hydrogen-bond acceptors (Lipinski definition) is 2. The Morgan fingerprint density at radius 1 is 1.47 bits per heavy atom. The summed E-state index contributed by atoms with van der Waals surface area (Å²) in [4.78, 5) is 13.7. The van der Waals surface area contributed by atoms with Crippen molar-refractivity contribution in [2.24, 2.45) is 5.92 Å². The van der Waals surface area contributed by atoms with Gasteiger partial charge in [0.15, 0.2) is 0 Å².